The molecule has 0 aliphatic carbocycles. The van der Waals surface area contributed by atoms with Crippen LogP contribution in [0.5, 0.6) is 34.5 Å². The fourth-order valence-corrected chi connectivity index (χ4v) is 5.11. The molecule has 3 aromatic rings. The molecule has 46 heavy (non-hydrogen) atoms. The highest BCUT2D eigenvalue weighted by Gasteiger charge is 2.26. The fourth-order valence-electron chi connectivity index (χ4n) is 5.11. The molecule has 3 amide bonds. The van der Waals surface area contributed by atoms with Gasteiger partial charge in [-0.05, 0) is 83.4 Å². The zero-order valence-corrected chi connectivity index (χ0v) is 26.6. The molecule has 0 aromatic heterocycles. The molecule has 248 valence electrons. The van der Waals surface area contributed by atoms with Crippen LogP contribution in [-0.2, 0) is 0 Å². The number of carbonyl (C=O) groups excluding carboxylic acids is 3. The van der Waals surface area contributed by atoms with Crippen molar-refractivity contribution in [3.05, 3.63) is 71.3 Å². The monoisotopic (exact) mass is 637 g/mol. The first-order chi connectivity index (χ1) is 21.8. The summed E-state index contributed by atoms with van der Waals surface area (Å²) < 4.78 is 0. The Labute approximate surface area is 268 Å². The van der Waals surface area contributed by atoms with Crippen LogP contribution >= 0.6 is 0 Å². The normalized spacial score (nSPS) is 11.1. The van der Waals surface area contributed by atoms with Gasteiger partial charge in [0.1, 0.15) is 0 Å². The number of para-hydroxylation sites is 3. The first-order valence-electron chi connectivity index (χ1n) is 15.2. The molecule has 0 bridgehead atoms. The zero-order valence-electron chi connectivity index (χ0n) is 26.6. The minimum atomic E-state index is -0.543. The van der Waals surface area contributed by atoms with E-state index in [9.17, 15) is 45.0 Å². The number of hydrogen-bond donors (Lipinski definition) is 6. The van der Waals surface area contributed by atoms with Crippen LogP contribution in [0.4, 0.5) is 0 Å². The molecule has 3 aromatic carbocycles. The highest BCUT2D eigenvalue weighted by molar-refractivity contribution is 5.99. The topological polar surface area (TPSA) is 182 Å². The van der Waals surface area contributed by atoms with Gasteiger partial charge < -0.3 is 45.3 Å². The molecule has 0 radical (unpaired) electrons. The van der Waals surface area contributed by atoms with Crippen LogP contribution in [0, 0.1) is 0 Å². The van der Waals surface area contributed by atoms with Gasteiger partial charge in [0.25, 0.3) is 17.7 Å². The molecule has 0 atom stereocenters. The smallest absolute Gasteiger partial charge is 0.257 e. The molecule has 0 fully saturated rings. The molecular formula is C34H43N3O9. The van der Waals surface area contributed by atoms with Crippen molar-refractivity contribution in [1.82, 2.24) is 14.7 Å². The second kappa shape index (κ2) is 15.7. The molecule has 12 heteroatoms. The predicted molar refractivity (Wildman–Crippen MR) is 171 cm³/mol. The molecule has 6 N–H and O–H groups in total. The number of aromatic hydroxyl groups is 6. The van der Waals surface area contributed by atoms with Crippen LogP contribution in [0.3, 0.4) is 0 Å². The van der Waals surface area contributed by atoms with Gasteiger partial charge in [0.15, 0.2) is 34.5 Å². The van der Waals surface area contributed by atoms with E-state index in [1.165, 1.54) is 64.4 Å². The van der Waals surface area contributed by atoms with Crippen molar-refractivity contribution in [1.29, 1.82) is 0 Å². The van der Waals surface area contributed by atoms with Crippen LogP contribution in [0.25, 0.3) is 0 Å². The van der Waals surface area contributed by atoms with E-state index >= 15 is 0 Å². The average Bonchev–Trinajstić information content (AvgIpc) is 3.01. The number of nitrogens with zero attached hydrogens (tertiary/aromatic N) is 3. The standard InChI is InChI=1S/C34H43N3O9/c1-21(2)36(33(45)24-12-8-15-27(39)30(24)42)19-6-5-17-35(32(44)23-11-7-14-26(38)29(23)41)18-10-20-37(22(3)4)34(46)25-13-9-16-28(40)31(25)43/h7-9,11-16,21-22,38-43H,5-6,10,17-20H2,1-4H3. The molecule has 12 nitrogen and oxygen atoms in total. The number of carbonyl (C=O) groups is 3. The highest BCUT2D eigenvalue weighted by atomic mass is 16.3. The van der Waals surface area contributed by atoms with Crippen LogP contribution in [0.2, 0.25) is 0 Å². The molecule has 0 spiro atoms. The Morgan fingerprint density at radius 2 is 0.826 bits per heavy atom. The summed E-state index contributed by atoms with van der Waals surface area (Å²) in [5.41, 5.74) is -0.150. The molecule has 3 rings (SSSR count). The zero-order chi connectivity index (χ0) is 34.1. The number of amides is 3. The first kappa shape index (κ1) is 35.4. The van der Waals surface area contributed by atoms with Crippen molar-refractivity contribution in [3.8, 4) is 34.5 Å². The summed E-state index contributed by atoms with van der Waals surface area (Å²) in [6.45, 7) is 8.20. The molecule has 0 unspecified atom stereocenters. The Bertz CT molecular complexity index is 1540. The summed E-state index contributed by atoms with van der Waals surface area (Å²) in [7, 11) is 0. The van der Waals surface area contributed by atoms with Gasteiger partial charge in [-0.2, -0.15) is 0 Å². The van der Waals surface area contributed by atoms with Crippen LogP contribution in [0.15, 0.2) is 54.6 Å². The summed E-state index contributed by atoms with van der Waals surface area (Å²) in [6.07, 6.45) is 1.27. The minimum absolute atomic E-state index is 0.0202. The van der Waals surface area contributed by atoms with Gasteiger partial charge in [-0.1, -0.05) is 18.2 Å². The Hall–Kier alpha value is -5.13. The number of phenolic OH excluding ortho intramolecular Hbond substituents is 6. The summed E-state index contributed by atoms with van der Waals surface area (Å²) in [6, 6.07) is 12.0. The molecule has 0 aliphatic rings. The fraction of sp³-hybridized carbons (Fsp3) is 0.382. The van der Waals surface area contributed by atoms with Crippen LogP contribution < -0.4 is 0 Å². The van der Waals surface area contributed by atoms with E-state index < -0.39 is 52.2 Å². The third kappa shape index (κ3) is 8.32. The van der Waals surface area contributed by atoms with Crippen molar-refractivity contribution in [2.75, 3.05) is 26.2 Å². The Kier molecular flexibility index (Phi) is 12.1. The number of rotatable bonds is 14. The highest BCUT2D eigenvalue weighted by Crippen LogP contribution is 2.32. The van der Waals surface area contributed by atoms with E-state index in [4.69, 9.17) is 0 Å². The summed E-state index contributed by atoms with van der Waals surface area (Å²) in [5.74, 6) is -4.24. The maximum atomic E-state index is 13.6. The molecule has 0 aliphatic heterocycles. The molecular weight excluding hydrogens is 594 g/mol. The summed E-state index contributed by atoms with van der Waals surface area (Å²) in [5, 5.41) is 60.5. The average molecular weight is 638 g/mol. The molecule has 0 heterocycles. The number of phenols is 6. The predicted octanol–water partition coefficient (Wildman–Crippen LogP) is 4.63. The third-order valence-electron chi connectivity index (χ3n) is 7.70. The number of unbranched alkanes of at least 4 members (excludes halogenated alkanes) is 1. The van der Waals surface area contributed by atoms with Gasteiger partial charge in [0.2, 0.25) is 0 Å². The van der Waals surface area contributed by atoms with E-state index in [0.29, 0.717) is 25.8 Å². The second-order valence-corrected chi connectivity index (χ2v) is 11.6. The Balaban J connectivity index is 1.73. The van der Waals surface area contributed by atoms with Gasteiger partial charge in [-0.15, -0.1) is 0 Å². The van der Waals surface area contributed by atoms with Gasteiger partial charge in [0.05, 0.1) is 16.7 Å². The lowest BCUT2D eigenvalue weighted by Crippen LogP contribution is -2.40. The van der Waals surface area contributed by atoms with Gasteiger partial charge in [0, 0.05) is 38.3 Å². The van der Waals surface area contributed by atoms with Crippen LogP contribution in [-0.4, -0.2) is 101 Å². The van der Waals surface area contributed by atoms with Gasteiger partial charge >= 0.3 is 0 Å². The molecule has 0 saturated heterocycles. The maximum Gasteiger partial charge on any atom is 0.257 e. The summed E-state index contributed by atoms with van der Waals surface area (Å²) >= 11 is 0. The van der Waals surface area contributed by atoms with Gasteiger partial charge in [-0.25, -0.2) is 0 Å². The lowest BCUT2D eigenvalue weighted by atomic mass is 10.1. The van der Waals surface area contributed by atoms with E-state index in [-0.39, 0.29) is 48.4 Å². The van der Waals surface area contributed by atoms with Crippen LogP contribution in [0.1, 0.15) is 78.0 Å². The lowest BCUT2D eigenvalue weighted by Gasteiger charge is -2.30. The van der Waals surface area contributed by atoms with Crippen molar-refractivity contribution >= 4 is 17.7 Å². The second-order valence-electron chi connectivity index (χ2n) is 11.6. The summed E-state index contributed by atoms with van der Waals surface area (Å²) in [4.78, 5) is 44.6. The largest absolute Gasteiger partial charge is 0.504 e. The Morgan fingerprint density at radius 3 is 1.22 bits per heavy atom. The first-order valence-corrected chi connectivity index (χ1v) is 15.2. The van der Waals surface area contributed by atoms with E-state index in [0.717, 1.165) is 0 Å². The SMILES string of the molecule is CC(C)N(CCCCN(CCCN(C(=O)c1cccc(O)c1O)C(C)C)C(=O)c1cccc(O)c1O)C(=O)c1cccc(O)c1O. The van der Waals surface area contributed by atoms with Gasteiger partial charge in [-0.3, -0.25) is 14.4 Å². The van der Waals surface area contributed by atoms with Crippen molar-refractivity contribution in [2.24, 2.45) is 0 Å². The van der Waals surface area contributed by atoms with E-state index in [2.05, 4.69) is 0 Å². The van der Waals surface area contributed by atoms with Crippen molar-refractivity contribution in [2.45, 2.75) is 59.0 Å². The van der Waals surface area contributed by atoms with Crippen molar-refractivity contribution in [3.63, 3.8) is 0 Å². The number of hydrogen-bond acceptors (Lipinski definition) is 9. The van der Waals surface area contributed by atoms with Crippen molar-refractivity contribution < 1.29 is 45.0 Å². The Morgan fingerprint density at radius 1 is 0.500 bits per heavy atom. The maximum absolute atomic E-state index is 13.6. The quantitative estimate of drug-likeness (QED) is 0.108. The van der Waals surface area contributed by atoms with E-state index in [1.54, 1.807) is 4.90 Å². The minimum Gasteiger partial charge on any atom is -0.504 e. The molecule has 0 saturated carbocycles. The van der Waals surface area contributed by atoms with E-state index in [1.807, 2.05) is 27.7 Å². The lowest BCUT2D eigenvalue weighted by molar-refractivity contribution is 0.0656. The third-order valence-corrected chi connectivity index (χ3v) is 7.70. The number of benzene rings is 3.